The number of imidazole rings is 1. The van der Waals surface area contributed by atoms with Gasteiger partial charge >= 0.3 is 11.7 Å². The molecule has 0 radical (unpaired) electrons. The summed E-state index contributed by atoms with van der Waals surface area (Å²) in [5.41, 5.74) is 2.50. The minimum Gasteiger partial charge on any atom is -0.478 e. The summed E-state index contributed by atoms with van der Waals surface area (Å²) in [6.45, 7) is 3.86. The molecule has 7 nitrogen and oxygen atoms in total. The van der Waals surface area contributed by atoms with Crippen LogP contribution in [0, 0.1) is 13.8 Å². The Morgan fingerprint density at radius 2 is 2.19 bits per heavy atom. The van der Waals surface area contributed by atoms with Crippen LogP contribution in [0.2, 0.25) is 0 Å². The number of hydrogen-bond donors (Lipinski definition) is 2. The van der Waals surface area contributed by atoms with Gasteiger partial charge in [0.05, 0.1) is 28.8 Å². The molecule has 0 aliphatic carbocycles. The molecular formula is C14H13N3O4. The quantitative estimate of drug-likeness (QED) is 0.763. The Kier molecular flexibility index (Phi) is 2.90. The Morgan fingerprint density at radius 3 is 2.81 bits per heavy atom. The number of aryl methyl sites for hydroxylation is 2. The van der Waals surface area contributed by atoms with Crippen molar-refractivity contribution < 1.29 is 14.4 Å². The van der Waals surface area contributed by atoms with Gasteiger partial charge in [-0.05, 0) is 32.0 Å². The molecule has 0 unspecified atom stereocenters. The summed E-state index contributed by atoms with van der Waals surface area (Å²) in [6, 6.07) is 4.53. The normalized spacial score (nSPS) is 11.1. The van der Waals surface area contributed by atoms with Gasteiger partial charge in [0.2, 0.25) is 0 Å². The number of hydrogen-bond acceptors (Lipinski definition) is 4. The van der Waals surface area contributed by atoms with E-state index in [1.165, 1.54) is 16.7 Å². The summed E-state index contributed by atoms with van der Waals surface area (Å²) in [5.74, 6) is -0.391. The highest BCUT2D eigenvalue weighted by Crippen LogP contribution is 2.18. The van der Waals surface area contributed by atoms with Gasteiger partial charge in [0.15, 0.2) is 0 Å². The van der Waals surface area contributed by atoms with E-state index in [0.717, 1.165) is 5.56 Å². The van der Waals surface area contributed by atoms with Crippen molar-refractivity contribution in [3.8, 4) is 0 Å². The van der Waals surface area contributed by atoms with Crippen molar-refractivity contribution in [2.45, 2.75) is 20.4 Å². The van der Waals surface area contributed by atoms with Crippen molar-refractivity contribution in [1.82, 2.24) is 14.7 Å². The van der Waals surface area contributed by atoms with Gasteiger partial charge in [0.1, 0.15) is 5.76 Å². The van der Waals surface area contributed by atoms with E-state index < -0.39 is 5.97 Å². The maximum absolute atomic E-state index is 12.1. The molecule has 0 bridgehead atoms. The van der Waals surface area contributed by atoms with Gasteiger partial charge in [-0.1, -0.05) is 5.16 Å². The van der Waals surface area contributed by atoms with Crippen molar-refractivity contribution in [3.05, 3.63) is 51.3 Å². The third-order valence-corrected chi connectivity index (χ3v) is 3.52. The largest absolute Gasteiger partial charge is 0.478 e. The third-order valence-electron chi connectivity index (χ3n) is 3.52. The molecule has 0 spiro atoms. The van der Waals surface area contributed by atoms with E-state index in [1.807, 2.05) is 0 Å². The van der Waals surface area contributed by atoms with E-state index in [9.17, 15) is 9.59 Å². The SMILES string of the molecule is Cc1noc(C)c1Cn1c(=O)[nH]c2ccc(C(=O)O)cc21. The van der Waals surface area contributed by atoms with E-state index in [1.54, 1.807) is 19.9 Å². The van der Waals surface area contributed by atoms with Gasteiger partial charge in [-0.25, -0.2) is 9.59 Å². The van der Waals surface area contributed by atoms with E-state index in [-0.39, 0.29) is 17.8 Å². The zero-order valence-electron chi connectivity index (χ0n) is 11.5. The van der Waals surface area contributed by atoms with Crippen molar-refractivity contribution in [2.75, 3.05) is 0 Å². The van der Waals surface area contributed by atoms with E-state index in [0.29, 0.717) is 22.5 Å². The summed E-state index contributed by atoms with van der Waals surface area (Å²) in [5, 5.41) is 12.9. The molecule has 0 fully saturated rings. The summed E-state index contributed by atoms with van der Waals surface area (Å²) in [6.07, 6.45) is 0. The molecule has 3 rings (SSSR count). The van der Waals surface area contributed by atoms with Gasteiger partial charge in [0, 0.05) is 5.56 Å². The first-order valence-corrected chi connectivity index (χ1v) is 6.35. The smallest absolute Gasteiger partial charge is 0.335 e. The van der Waals surface area contributed by atoms with Crippen LogP contribution in [-0.2, 0) is 6.54 Å². The summed E-state index contributed by atoms with van der Waals surface area (Å²) in [4.78, 5) is 25.9. The molecule has 2 aromatic heterocycles. The van der Waals surface area contributed by atoms with Crippen LogP contribution in [0.1, 0.15) is 27.4 Å². The van der Waals surface area contributed by atoms with Crippen molar-refractivity contribution in [3.63, 3.8) is 0 Å². The lowest BCUT2D eigenvalue weighted by molar-refractivity contribution is 0.0697. The molecule has 3 aromatic rings. The lowest BCUT2D eigenvalue weighted by Crippen LogP contribution is -2.18. The molecule has 1 aromatic carbocycles. The topological polar surface area (TPSA) is 101 Å². The molecular weight excluding hydrogens is 274 g/mol. The Bertz CT molecular complexity index is 881. The molecule has 0 atom stereocenters. The van der Waals surface area contributed by atoms with Crippen LogP contribution in [-0.4, -0.2) is 25.8 Å². The molecule has 2 N–H and O–H groups in total. The maximum atomic E-state index is 12.1. The number of aromatic amines is 1. The molecule has 7 heteroatoms. The molecule has 2 heterocycles. The fraction of sp³-hybridized carbons (Fsp3) is 0.214. The number of carbonyl (C=O) groups is 1. The van der Waals surface area contributed by atoms with Crippen molar-refractivity contribution in [1.29, 1.82) is 0 Å². The molecule has 0 saturated carbocycles. The Labute approximate surface area is 118 Å². The monoisotopic (exact) mass is 287 g/mol. The van der Waals surface area contributed by atoms with E-state index >= 15 is 0 Å². The van der Waals surface area contributed by atoms with Crippen LogP contribution in [0.3, 0.4) is 0 Å². The number of aromatic carboxylic acids is 1. The van der Waals surface area contributed by atoms with Crippen LogP contribution in [0.4, 0.5) is 0 Å². The zero-order valence-corrected chi connectivity index (χ0v) is 11.5. The molecule has 0 amide bonds. The Balaban J connectivity index is 2.17. The first-order valence-electron chi connectivity index (χ1n) is 6.35. The number of rotatable bonds is 3. The second-order valence-corrected chi connectivity index (χ2v) is 4.86. The average Bonchev–Trinajstić information content (AvgIpc) is 2.92. The number of carboxylic acid groups (broad SMARTS) is 1. The van der Waals surface area contributed by atoms with Crippen molar-refractivity contribution in [2.24, 2.45) is 0 Å². The standard InChI is InChI=1S/C14H13N3O4/c1-7-10(8(2)21-16-7)6-17-12-5-9(13(18)19)3-4-11(12)15-14(17)20/h3-5H,6H2,1-2H3,(H,15,20)(H,18,19). The molecule has 0 saturated heterocycles. The summed E-state index contributed by atoms with van der Waals surface area (Å²) in [7, 11) is 0. The van der Waals surface area contributed by atoms with Gasteiger partial charge in [-0.3, -0.25) is 4.57 Å². The van der Waals surface area contributed by atoms with Gasteiger partial charge < -0.3 is 14.6 Å². The number of aromatic nitrogens is 3. The van der Waals surface area contributed by atoms with Crippen LogP contribution in [0.25, 0.3) is 11.0 Å². The third kappa shape index (κ3) is 2.12. The fourth-order valence-corrected chi connectivity index (χ4v) is 2.33. The van der Waals surface area contributed by atoms with Crippen LogP contribution in [0.15, 0.2) is 27.5 Å². The number of H-pyrrole nitrogens is 1. The van der Waals surface area contributed by atoms with E-state index in [2.05, 4.69) is 10.1 Å². The highest BCUT2D eigenvalue weighted by Gasteiger charge is 2.15. The summed E-state index contributed by atoms with van der Waals surface area (Å²) < 4.78 is 6.57. The molecule has 0 aliphatic rings. The van der Waals surface area contributed by atoms with Crippen LogP contribution < -0.4 is 5.69 Å². The fourth-order valence-electron chi connectivity index (χ4n) is 2.33. The van der Waals surface area contributed by atoms with Gasteiger partial charge in [-0.2, -0.15) is 0 Å². The van der Waals surface area contributed by atoms with Crippen molar-refractivity contribution >= 4 is 17.0 Å². The lowest BCUT2D eigenvalue weighted by Gasteiger charge is -2.03. The number of nitrogens with one attached hydrogen (secondary N) is 1. The minimum absolute atomic E-state index is 0.133. The highest BCUT2D eigenvalue weighted by molar-refractivity contribution is 5.92. The first kappa shape index (κ1) is 13.2. The number of carboxylic acids is 1. The van der Waals surface area contributed by atoms with E-state index in [4.69, 9.17) is 9.63 Å². The van der Waals surface area contributed by atoms with Crippen LogP contribution in [0.5, 0.6) is 0 Å². The zero-order chi connectivity index (χ0) is 15.1. The van der Waals surface area contributed by atoms with Crippen LogP contribution >= 0.6 is 0 Å². The van der Waals surface area contributed by atoms with Gasteiger partial charge in [-0.15, -0.1) is 0 Å². The number of nitrogens with zero attached hydrogens (tertiary/aromatic N) is 2. The predicted octanol–water partition coefficient (Wildman–Crippen LogP) is 1.68. The number of fused-ring (bicyclic) bond motifs is 1. The molecule has 21 heavy (non-hydrogen) atoms. The highest BCUT2D eigenvalue weighted by atomic mass is 16.5. The Hall–Kier alpha value is -2.83. The summed E-state index contributed by atoms with van der Waals surface area (Å²) >= 11 is 0. The predicted molar refractivity (Wildman–Crippen MR) is 74.6 cm³/mol. The average molecular weight is 287 g/mol. The number of benzene rings is 1. The first-order chi connectivity index (χ1) is 9.97. The van der Waals surface area contributed by atoms with Gasteiger partial charge in [0.25, 0.3) is 0 Å². The lowest BCUT2D eigenvalue weighted by atomic mass is 10.2. The molecule has 0 aliphatic heterocycles. The Morgan fingerprint density at radius 1 is 1.43 bits per heavy atom. The molecule has 108 valence electrons. The second-order valence-electron chi connectivity index (χ2n) is 4.86. The minimum atomic E-state index is -1.03. The maximum Gasteiger partial charge on any atom is 0.335 e. The second kappa shape index (κ2) is 4.62.